The number of carbonyl (C=O) groups is 1. The first kappa shape index (κ1) is 20.8. The number of benzene rings is 2. The third-order valence-electron chi connectivity index (χ3n) is 5.35. The Hall–Kier alpha value is -3.12. The number of oxazole rings is 1. The van der Waals surface area contributed by atoms with E-state index in [2.05, 4.69) is 45.5 Å². The predicted octanol–water partition coefficient (Wildman–Crippen LogP) is 5.05. The van der Waals surface area contributed by atoms with Crippen LogP contribution in [0.5, 0.6) is 0 Å². The van der Waals surface area contributed by atoms with Crippen molar-refractivity contribution in [3.63, 3.8) is 0 Å². The van der Waals surface area contributed by atoms with E-state index >= 15 is 0 Å². The summed E-state index contributed by atoms with van der Waals surface area (Å²) in [6.45, 7) is 2.56. The average molecular weight is 461 g/mol. The fourth-order valence-electron chi connectivity index (χ4n) is 3.84. The largest absolute Gasteiger partial charge is 0.431 e. The lowest BCUT2D eigenvalue weighted by Gasteiger charge is -2.26. The normalized spacial score (nSPS) is 13.6. The molecule has 160 valence electrons. The molecule has 0 atom stereocenters. The summed E-state index contributed by atoms with van der Waals surface area (Å²) < 4.78 is 5.66. The van der Waals surface area contributed by atoms with E-state index in [-0.39, 0.29) is 11.7 Å². The van der Waals surface area contributed by atoms with Gasteiger partial charge in [-0.25, -0.2) is 4.98 Å². The van der Waals surface area contributed by atoms with Gasteiger partial charge >= 0.3 is 0 Å². The van der Waals surface area contributed by atoms with Crippen molar-refractivity contribution in [2.45, 2.75) is 24.7 Å². The molecule has 32 heavy (non-hydrogen) atoms. The Kier molecular flexibility index (Phi) is 5.95. The van der Waals surface area contributed by atoms with E-state index < -0.39 is 0 Å². The zero-order chi connectivity index (χ0) is 21.9. The van der Waals surface area contributed by atoms with Gasteiger partial charge in [0.1, 0.15) is 16.6 Å². The minimum atomic E-state index is -0.173. The van der Waals surface area contributed by atoms with Crippen molar-refractivity contribution in [3.05, 3.63) is 76.2 Å². The molecule has 2 aromatic carbocycles. The SMILES string of the molecule is N#Cc1c(NC(=O)CSc2nc3ccccc3o2)sc2c1CCN(Cc1ccccc1)C2. The second kappa shape index (κ2) is 9.17. The summed E-state index contributed by atoms with van der Waals surface area (Å²) in [6.07, 6.45) is 0.815. The summed E-state index contributed by atoms with van der Waals surface area (Å²) in [5.74, 6) is -0.00564. The van der Waals surface area contributed by atoms with E-state index in [0.29, 0.717) is 21.4 Å². The lowest BCUT2D eigenvalue weighted by molar-refractivity contribution is -0.113. The highest BCUT2D eigenvalue weighted by Gasteiger charge is 2.25. The summed E-state index contributed by atoms with van der Waals surface area (Å²) in [5, 5.41) is 13.8. The van der Waals surface area contributed by atoms with Crippen molar-refractivity contribution in [2.24, 2.45) is 0 Å². The summed E-state index contributed by atoms with van der Waals surface area (Å²) in [7, 11) is 0. The van der Waals surface area contributed by atoms with Gasteiger partial charge in [-0.05, 0) is 29.7 Å². The molecular weight excluding hydrogens is 440 g/mol. The molecule has 4 aromatic rings. The van der Waals surface area contributed by atoms with E-state index in [0.717, 1.165) is 42.0 Å². The summed E-state index contributed by atoms with van der Waals surface area (Å²) >= 11 is 2.76. The van der Waals surface area contributed by atoms with Gasteiger partial charge in [0.05, 0.1) is 11.3 Å². The number of hydrogen-bond donors (Lipinski definition) is 1. The molecule has 0 fully saturated rings. The van der Waals surface area contributed by atoms with Crippen molar-refractivity contribution < 1.29 is 9.21 Å². The number of hydrogen-bond acceptors (Lipinski definition) is 7. The highest BCUT2D eigenvalue weighted by atomic mass is 32.2. The third-order valence-corrected chi connectivity index (χ3v) is 7.31. The lowest BCUT2D eigenvalue weighted by Crippen LogP contribution is -2.29. The standard InChI is InChI=1S/C24H20N4O2S2/c25-12-18-17-10-11-28(13-16-6-2-1-3-7-16)14-21(17)32-23(18)27-22(29)15-31-24-26-19-8-4-5-9-20(19)30-24/h1-9H,10-11,13-15H2,(H,27,29). The summed E-state index contributed by atoms with van der Waals surface area (Å²) in [4.78, 5) is 20.5. The number of thioether (sulfide) groups is 1. The maximum Gasteiger partial charge on any atom is 0.257 e. The van der Waals surface area contributed by atoms with Crippen LogP contribution in [0.15, 0.2) is 64.2 Å². The molecule has 0 spiro atoms. The van der Waals surface area contributed by atoms with E-state index in [1.54, 1.807) is 0 Å². The lowest BCUT2D eigenvalue weighted by atomic mass is 10.0. The van der Waals surface area contributed by atoms with E-state index in [1.165, 1.54) is 28.7 Å². The van der Waals surface area contributed by atoms with Gasteiger partial charge < -0.3 is 9.73 Å². The molecule has 0 aliphatic carbocycles. The van der Waals surface area contributed by atoms with Crippen LogP contribution in [0, 0.1) is 11.3 Å². The van der Waals surface area contributed by atoms with Crippen LogP contribution in [0.4, 0.5) is 5.00 Å². The van der Waals surface area contributed by atoms with Crippen LogP contribution >= 0.6 is 23.1 Å². The topological polar surface area (TPSA) is 82.2 Å². The molecule has 0 radical (unpaired) electrons. The second-order valence-corrected chi connectivity index (χ2v) is 9.58. The van der Waals surface area contributed by atoms with Crippen LogP contribution in [0.3, 0.4) is 0 Å². The molecule has 8 heteroatoms. The van der Waals surface area contributed by atoms with Gasteiger partial charge in [0.15, 0.2) is 5.58 Å². The molecule has 1 aliphatic rings. The first-order valence-corrected chi connectivity index (χ1v) is 12.1. The number of nitriles is 1. The van der Waals surface area contributed by atoms with Crippen molar-refractivity contribution in [1.29, 1.82) is 5.26 Å². The quantitative estimate of drug-likeness (QED) is 0.406. The van der Waals surface area contributed by atoms with E-state index in [4.69, 9.17) is 4.42 Å². The number of fused-ring (bicyclic) bond motifs is 2. The fourth-order valence-corrected chi connectivity index (χ4v) is 5.74. The van der Waals surface area contributed by atoms with Crippen LogP contribution in [0.25, 0.3) is 11.1 Å². The Balaban J connectivity index is 1.24. The Labute approximate surface area is 193 Å². The zero-order valence-corrected chi connectivity index (χ0v) is 18.8. The number of thiophene rings is 1. The molecule has 1 amide bonds. The van der Waals surface area contributed by atoms with Crippen molar-refractivity contribution in [1.82, 2.24) is 9.88 Å². The van der Waals surface area contributed by atoms with Crippen LogP contribution in [0.2, 0.25) is 0 Å². The second-order valence-electron chi connectivity index (χ2n) is 7.55. The van der Waals surface area contributed by atoms with Gasteiger partial charge in [0, 0.05) is 24.5 Å². The Morgan fingerprint density at radius 1 is 1.22 bits per heavy atom. The maximum atomic E-state index is 12.6. The molecule has 1 aliphatic heterocycles. The minimum Gasteiger partial charge on any atom is -0.431 e. The average Bonchev–Trinajstić information content (AvgIpc) is 3.38. The first-order valence-electron chi connectivity index (χ1n) is 10.3. The molecule has 0 saturated heterocycles. The van der Waals surface area contributed by atoms with Gasteiger partial charge in [0.25, 0.3) is 5.22 Å². The van der Waals surface area contributed by atoms with E-state index in [1.807, 2.05) is 30.3 Å². The monoisotopic (exact) mass is 460 g/mol. The number of amides is 1. The number of nitrogens with one attached hydrogen (secondary N) is 1. The van der Waals surface area contributed by atoms with Gasteiger partial charge in [-0.3, -0.25) is 9.69 Å². The Morgan fingerprint density at radius 2 is 2.03 bits per heavy atom. The van der Waals surface area contributed by atoms with Crippen molar-refractivity contribution in [3.8, 4) is 6.07 Å². The molecule has 6 nitrogen and oxygen atoms in total. The van der Waals surface area contributed by atoms with Crippen molar-refractivity contribution in [2.75, 3.05) is 17.6 Å². The molecule has 0 bridgehead atoms. The Bertz CT molecular complexity index is 1270. The highest BCUT2D eigenvalue weighted by molar-refractivity contribution is 7.99. The molecule has 0 unspecified atom stereocenters. The zero-order valence-electron chi connectivity index (χ0n) is 17.2. The van der Waals surface area contributed by atoms with Gasteiger partial charge in [0.2, 0.25) is 5.91 Å². The number of carbonyl (C=O) groups excluding carboxylic acids is 1. The number of rotatable bonds is 6. The molecule has 3 heterocycles. The molecule has 2 aromatic heterocycles. The van der Waals surface area contributed by atoms with Crippen LogP contribution < -0.4 is 5.32 Å². The molecule has 5 rings (SSSR count). The number of anilines is 1. The van der Waals surface area contributed by atoms with Gasteiger partial charge in [-0.15, -0.1) is 11.3 Å². The van der Waals surface area contributed by atoms with Crippen LogP contribution in [0.1, 0.15) is 21.6 Å². The first-order chi connectivity index (χ1) is 15.7. The number of nitrogens with zero attached hydrogens (tertiary/aromatic N) is 3. The smallest absolute Gasteiger partial charge is 0.257 e. The van der Waals surface area contributed by atoms with Crippen LogP contribution in [-0.2, 0) is 24.3 Å². The van der Waals surface area contributed by atoms with Gasteiger partial charge in [-0.2, -0.15) is 5.26 Å². The number of para-hydroxylation sites is 2. The molecule has 0 saturated carbocycles. The maximum absolute atomic E-state index is 12.6. The fraction of sp³-hybridized carbons (Fsp3) is 0.208. The molecular formula is C24H20N4O2S2. The minimum absolute atomic E-state index is 0.167. The predicted molar refractivity (Wildman–Crippen MR) is 127 cm³/mol. The third kappa shape index (κ3) is 4.41. The summed E-state index contributed by atoms with van der Waals surface area (Å²) in [5.41, 5.74) is 4.42. The number of aromatic nitrogens is 1. The van der Waals surface area contributed by atoms with Gasteiger partial charge in [-0.1, -0.05) is 54.2 Å². The van der Waals surface area contributed by atoms with Crippen molar-refractivity contribution >= 4 is 45.1 Å². The van der Waals surface area contributed by atoms with Crippen LogP contribution in [-0.4, -0.2) is 28.1 Å². The summed E-state index contributed by atoms with van der Waals surface area (Å²) in [6, 6.07) is 20.2. The van der Waals surface area contributed by atoms with E-state index in [9.17, 15) is 10.1 Å². The Morgan fingerprint density at radius 3 is 2.84 bits per heavy atom. The molecule has 1 N–H and O–H groups in total. The highest BCUT2D eigenvalue weighted by Crippen LogP contribution is 2.37.